The molecule has 0 spiro atoms. The van der Waals surface area contributed by atoms with E-state index in [1.807, 2.05) is 25.7 Å². The van der Waals surface area contributed by atoms with Crippen LogP contribution in [0.15, 0.2) is 0 Å². The highest BCUT2D eigenvalue weighted by Crippen LogP contribution is 2.22. The van der Waals surface area contributed by atoms with Gasteiger partial charge in [-0.25, -0.2) is 0 Å². The van der Waals surface area contributed by atoms with Crippen LogP contribution in [0.5, 0.6) is 0 Å². The number of hydrogen-bond donors (Lipinski definition) is 1. The first-order chi connectivity index (χ1) is 9.08. The molecular weight excluding hydrogens is 246 g/mol. The number of H-pyrrole nitrogens is 1. The molecule has 0 radical (unpaired) electrons. The molecular formula is C12H21N5O2. The zero-order valence-electron chi connectivity index (χ0n) is 11.7. The molecule has 0 aliphatic carbocycles. The molecule has 0 aromatic carbocycles. The highest BCUT2D eigenvalue weighted by atomic mass is 16.5. The Bertz CT molecular complexity index is 406. The van der Waals surface area contributed by atoms with E-state index < -0.39 is 0 Å². The summed E-state index contributed by atoms with van der Waals surface area (Å²) in [6.45, 7) is 7.19. The number of nitrogens with zero attached hydrogens (tertiary/aromatic N) is 4. The predicted octanol–water partition coefficient (Wildman–Crippen LogP) is 0.404. The van der Waals surface area contributed by atoms with Crippen molar-refractivity contribution < 1.29 is 9.53 Å². The van der Waals surface area contributed by atoms with E-state index in [1.165, 1.54) is 0 Å². The molecule has 0 bridgehead atoms. The van der Waals surface area contributed by atoms with Crippen molar-refractivity contribution in [1.29, 1.82) is 0 Å². The van der Waals surface area contributed by atoms with Crippen molar-refractivity contribution in [3.8, 4) is 0 Å². The van der Waals surface area contributed by atoms with Crippen LogP contribution >= 0.6 is 0 Å². The molecule has 1 aliphatic heterocycles. The maximum atomic E-state index is 12.5. The maximum absolute atomic E-state index is 12.5. The molecule has 1 fully saturated rings. The maximum Gasteiger partial charge on any atom is 0.228 e. The Kier molecular flexibility index (Phi) is 4.47. The highest BCUT2D eigenvalue weighted by molar-refractivity contribution is 5.79. The molecule has 2 unspecified atom stereocenters. The lowest BCUT2D eigenvalue weighted by Crippen LogP contribution is -2.42. The van der Waals surface area contributed by atoms with Gasteiger partial charge in [-0.15, -0.1) is 10.2 Å². The molecule has 7 heteroatoms. The fourth-order valence-electron chi connectivity index (χ4n) is 2.36. The third-order valence-corrected chi connectivity index (χ3v) is 3.42. The van der Waals surface area contributed by atoms with E-state index in [2.05, 4.69) is 20.6 Å². The molecule has 1 aromatic rings. The molecule has 1 amide bonds. The van der Waals surface area contributed by atoms with E-state index in [-0.39, 0.29) is 24.0 Å². The summed E-state index contributed by atoms with van der Waals surface area (Å²) >= 11 is 0. The van der Waals surface area contributed by atoms with Gasteiger partial charge in [0.05, 0.1) is 18.6 Å². The van der Waals surface area contributed by atoms with Crippen LogP contribution in [-0.4, -0.2) is 56.7 Å². The van der Waals surface area contributed by atoms with Gasteiger partial charge >= 0.3 is 0 Å². The first-order valence-electron chi connectivity index (χ1n) is 6.72. The largest absolute Gasteiger partial charge is 0.378 e. The smallest absolute Gasteiger partial charge is 0.228 e. The summed E-state index contributed by atoms with van der Waals surface area (Å²) in [6.07, 6.45) is 1.61. The monoisotopic (exact) mass is 267 g/mol. The fourth-order valence-corrected chi connectivity index (χ4v) is 2.36. The number of tetrazole rings is 1. The van der Waals surface area contributed by atoms with Crippen LogP contribution in [0.2, 0.25) is 0 Å². The van der Waals surface area contributed by atoms with Crippen molar-refractivity contribution in [2.75, 3.05) is 13.2 Å². The van der Waals surface area contributed by atoms with E-state index in [0.717, 1.165) is 6.42 Å². The molecule has 106 valence electrons. The lowest BCUT2D eigenvalue weighted by Gasteiger charge is -2.28. The summed E-state index contributed by atoms with van der Waals surface area (Å²) in [5, 5.41) is 13.7. The van der Waals surface area contributed by atoms with Crippen molar-refractivity contribution in [3.05, 3.63) is 5.82 Å². The van der Waals surface area contributed by atoms with Gasteiger partial charge in [0.1, 0.15) is 0 Å². The first kappa shape index (κ1) is 13.9. The summed E-state index contributed by atoms with van der Waals surface area (Å²) in [5.41, 5.74) is 0. The minimum absolute atomic E-state index is 0.0114. The van der Waals surface area contributed by atoms with Gasteiger partial charge in [0.15, 0.2) is 5.82 Å². The van der Waals surface area contributed by atoms with Gasteiger partial charge in [-0.05, 0) is 27.2 Å². The third-order valence-electron chi connectivity index (χ3n) is 3.42. The molecule has 1 saturated heterocycles. The van der Waals surface area contributed by atoms with Crippen LogP contribution in [0.25, 0.3) is 0 Å². The molecule has 0 saturated carbocycles. The Balaban J connectivity index is 1.93. The van der Waals surface area contributed by atoms with Gasteiger partial charge in [-0.1, -0.05) is 5.21 Å². The van der Waals surface area contributed by atoms with Gasteiger partial charge in [0.25, 0.3) is 0 Å². The second-order valence-electron chi connectivity index (χ2n) is 5.28. The van der Waals surface area contributed by atoms with Crippen molar-refractivity contribution in [3.63, 3.8) is 0 Å². The number of nitrogens with one attached hydrogen (secondary N) is 1. The quantitative estimate of drug-likeness (QED) is 0.835. The number of hydrogen-bond acceptors (Lipinski definition) is 5. The summed E-state index contributed by atoms with van der Waals surface area (Å²) < 4.78 is 5.48. The van der Waals surface area contributed by atoms with Crippen molar-refractivity contribution in [2.24, 2.45) is 5.92 Å². The number of carbonyl (C=O) groups excluding carboxylic acids is 1. The summed E-state index contributed by atoms with van der Waals surface area (Å²) in [7, 11) is 0. The second kappa shape index (κ2) is 6.10. The Morgan fingerprint density at radius 2 is 2.37 bits per heavy atom. The molecule has 1 aliphatic rings. The summed E-state index contributed by atoms with van der Waals surface area (Å²) in [4.78, 5) is 14.4. The number of aromatic nitrogens is 4. The van der Waals surface area contributed by atoms with Crippen molar-refractivity contribution in [2.45, 2.75) is 45.8 Å². The standard InChI is InChI=1S/C12H21N5O2/c1-8(2)17(5-4-11-13-15-16-14-11)12(18)10-6-9(3)19-7-10/h8-10H,4-7H2,1-3H3,(H,13,14,15,16). The number of ether oxygens (including phenoxy) is 1. The first-order valence-corrected chi connectivity index (χ1v) is 6.72. The average Bonchev–Trinajstić information content (AvgIpc) is 2.99. The van der Waals surface area contributed by atoms with Gasteiger partial charge < -0.3 is 9.64 Å². The lowest BCUT2D eigenvalue weighted by molar-refractivity contribution is -0.137. The molecule has 1 aromatic heterocycles. The Morgan fingerprint density at radius 3 is 2.89 bits per heavy atom. The molecule has 19 heavy (non-hydrogen) atoms. The van der Waals surface area contributed by atoms with Crippen LogP contribution in [-0.2, 0) is 16.0 Å². The normalized spacial score (nSPS) is 22.9. The van der Waals surface area contributed by atoms with E-state index in [1.54, 1.807) is 0 Å². The minimum atomic E-state index is -0.0114. The summed E-state index contributed by atoms with van der Waals surface area (Å²) in [6, 6.07) is 0.162. The van der Waals surface area contributed by atoms with Gasteiger partial charge in [-0.2, -0.15) is 5.21 Å². The number of rotatable bonds is 5. The molecule has 2 rings (SSSR count). The van der Waals surface area contributed by atoms with E-state index in [9.17, 15) is 4.79 Å². The molecule has 1 N–H and O–H groups in total. The molecule has 2 atom stereocenters. The van der Waals surface area contributed by atoms with Crippen molar-refractivity contribution in [1.82, 2.24) is 25.5 Å². The number of carbonyl (C=O) groups is 1. The van der Waals surface area contributed by atoms with Crippen LogP contribution in [0.4, 0.5) is 0 Å². The van der Waals surface area contributed by atoms with Gasteiger partial charge in [-0.3, -0.25) is 4.79 Å². The van der Waals surface area contributed by atoms with E-state index in [0.29, 0.717) is 25.4 Å². The van der Waals surface area contributed by atoms with Gasteiger partial charge in [0.2, 0.25) is 5.91 Å². The van der Waals surface area contributed by atoms with Crippen LogP contribution in [0.1, 0.15) is 33.0 Å². The fraction of sp³-hybridized carbons (Fsp3) is 0.833. The third kappa shape index (κ3) is 3.50. The SMILES string of the molecule is CC1CC(C(=O)N(CCc2nn[nH]n2)C(C)C)CO1. The predicted molar refractivity (Wildman–Crippen MR) is 68.3 cm³/mol. The topological polar surface area (TPSA) is 84.0 Å². The Hall–Kier alpha value is -1.50. The number of amides is 1. The van der Waals surface area contributed by atoms with E-state index in [4.69, 9.17) is 4.74 Å². The van der Waals surface area contributed by atoms with Crippen LogP contribution < -0.4 is 0 Å². The zero-order chi connectivity index (χ0) is 13.8. The van der Waals surface area contributed by atoms with Gasteiger partial charge in [0, 0.05) is 19.0 Å². The summed E-state index contributed by atoms with van der Waals surface area (Å²) in [5.74, 6) is 0.792. The molecule has 2 heterocycles. The highest BCUT2D eigenvalue weighted by Gasteiger charge is 2.32. The van der Waals surface area contributed by atoms with Crippen LogP contribution in [0.3, 0.4) is 0 Å². The van der Waals surface area contributed by atoms with Crippen molar-refractivity contribution >= 4 is 5.91 Å². The average molecular weight is 267 g/mol. The van der Waals surface area contributed by atoms with Crippen LogP contribution in [0, 0.1) is 5.92 Å². The zero-order valence-corrected chi connectivity index (χ0v) is 11.7. The Labute approximate surface area is 112 Å². The molecule has 7 nitrogen and oxygen atoms in total. The Morgan fingerprint density at radius 1 is 1.58 bits per heavy atom. The second-order valence-corrected chi connectivity index (χ2v) is 5.28. The van der Waals surface area contributed by atoms with E-state index >= 15 is 0 Å². The minimum Gasteiger partial charge on any atom is -0.378 e. The number of aromatic amines is 1. The lowest BCUT2D eigenvalue weighted by atomic mass is 10.0.